The van der Waals surface area contributed by atoms with Crippen LogP contribution in [0.1, 0.15) is 32.4 Å². The molecule has 1 aliphatic rings. The second-order valence-corrected chi connectivity index (χ2v) is 7.05. The van der Waals surface area contributed by atoms with Gasteiger partial charge < -0.3 is 14.8 Å². The molecule has 1 aliphatic carbocycles. The van der Waals surface area contributed by atoms with Gasteiger partial charge in [0.2, 0.25) is 0 Å². The number of pyridine rings is 1. The maximum absolute atomic E-state index is 10.9. The SMILES string of the molecule is CC1(C)C(CC(=O)O)CC1NCc1cnc2ccc(Cl)cn12. The van der Waals surface area contributed by atoms with Gasteiger partial charge in [0.25, 0.3) is 0 Å². The lowest BCUT2D eigenvalue weighted by atomic mass is 9.57. The molecule has 0 aliphatic heterocycles. The second-order valence-electron chi connectivity index (χ2n) is 6.61. The maximum Gasteiger partial charge on any atom is 0.303 e. The largest absolute Gasteiger partial charge is 0.481 e. The Morgan fingerprint density at radius 1 is 1.55 bits per heavy atom. The van der Waals surface area contributed by atoms with Gasteiger partial charge in [-0.15, -0.1) is 0 Å². The number of carbonyl (C=O) groups is 1. The minimum atomic E-state index is -0.715. The van der Waals surface area contributed by atoms with Crippen LogP contribution >= 0.6 is 11.6 Å². The van der Waals surface area contributed by atoms with Gasteiger partial charge in [-0.05, 0) is 29.9 Å². The normalized spacial score (nSPS) is 23.4. The van der Waals surface area contributed by atoms with Gasteiger partial charge in [-0.3, -0.25) is 4.79 Å². The van der Waals surface area contributed by atoms with Gasteiger partial charge in [0, 0.05) is 25.2 Å². The smallest absolute Gasteiger partial charge is 0.303 e. The number of fused-ring (bicyclic) bond motifs is 1. The van der Waals surface area contributed by atoms with Gasteiger partial charge in [-0.2, -0.15) is 0 Å². The van der Waals surface area contributed by atoms with E-state index in [0.717, 1.165) is 17.8 Å². The van der Waals surface area contributed by atoms with Crippen LogP contribution in [0.5, 0.6) is 0 Å². The Bertz CT molecular complexity index is 710. The number of carboxylic acids is 1. The summed E-state index contributed by atoms with van der Waals surface area (Å²) in [5.74, 6) is -0.480. The lowest BCUT2D eigenvalue weighted by Crippen LogP contribution is -2.57. The summed E-state index contributed by atoms with van der Waals surface area (Å²) in [7, 11) is 0. The van der Waals surface area contributed by atoms with Crippen molar-refractivity contribution in [3.63, 3.8) is 0 Å². The first kappa shape index (κ1) is 15.3. The Kier molecular flexibility index (Phi) is 3.87. The number of aromatic nitrogens is 2. The van der Waals surface area contributed by atoms with Crippen LogP contribution in [0.3, 0.4) is 0 Å². The lowest BCUT2D eigenvalue weighted by Gasteiger charge is -2.52. The number of hydrogen-bond donors (Lipinski definition) is 2. The average molecular weight is 322 g/mol. The van der Waals surface area contributed by atoms with Crippen LogP contribution in [0.25, 0.3) is 5.65 Å². The topological polar surface area (TPSA) is 66.6 Å². The van der Waals surface area contributed by atoms with E-state index >= 15 is 0 Å². The van der Waals surface area contributed by atoms with Crippen LogP contribution in [0.15, 0.2) is 24.5 Å². The molecule has 0 spiro atoms. The third-order valence-corrected chi connectivity index (χ3v) is 5.19. The molecular formula is C16H20ClN3O2. The van der Waals surface area contributed by atoms with Crippen molar-refractivity contribution in [2.24, 2.45) is 11.3 Å². The Hall–Kier alpha value is -1.59. The van der Waals surface area contributed by atoms with E-state index in [4.69, 9.17) is 16.7 Å². The van der Waals surface area contributed by atoms with Crippen LogP contribution in [-0.4, -0.2) is 26.5 Å². The van der Waals surface area contributed by atoms with E-state index < -0.39 is 5.97 Å². The van der Waals surface area contributed by atoms with Crippen LogP contribution in [0.2, 0.25) is 5.02 Å². The van der Waals surface area contributed by atoms with Crippen LogP contribution < -0.4 is 5.32 Å². The molecule has 2 heterocycles. The van der Waals surface area contributed by atoms with Crippen molar-refractivity contribution in [3.8, 4) is 0 Å². The third kappa shape index (κ3) is 2.71. The van der Waals surface area contributed by atoms with Gasteiger partial charge >= 0.3 is 5.97 Å². The molecule has 3 rings (SSSR count). The molecule has 6 heteroatoms. The Morgan fingerprint density at radius 3 is 3.00 bits per heavy atom. The summed E-state index contributed by atoms with van der Waals surface area (Å²) in [6, 6.07) is 4.04. The minimum Gasteiger partial charge on any atom is -0.481 e. The van der Waals surface area contributed by atoms with Crippen molar-refractivity contribution < 1.29 is 9.90 Å². The number of halogens is 1. The molecule has 22 heavy (non-hydrogen) atoms. The maximum atomic E-state index is 10.9. The van der Waals surface area contributed by atoms with E-state index in [1.165, 1.54) is 0 Å². The molecule has 2 aromatic rings. The van der Waals surface area contributed by atoms with Crippen molar-refractivity contribution in [2.75, 3.05) is 0 Å². The molecule has 5 nitrogen and oxygen atoms in total. The monoisotopic (exact) mass is 321 g/mol. The fraction of sp³-hybridized carbons (Fsp3) is 0.500. The molecule has 1 saturated carbocycles. The predicted molar refractivity (Wildman–Crippen MR) is 85.0 cm³/mol. The number of hydrogen-bond acceptors (Lipinski definition) is 3. The average Bonchev–Trinajstić information content (AvgIpc) is 2.84. The number of nitrogens with zero attached hydrogens (tertiary/aromatic N) is 2. The van der Waals surface area contributed by atoms with Crippen LogP contribution in [0, 0.1) is 11.3 Å². The van der Waals surface area contributed by atoms with Crippen molar-refractivity contribution in [1.29, 1.82) is 0 Å². The molecule has 2 aromatic heterocycles. The number of rotatable bonds is 5. The fourth-order valence-corrected chi connectivity index (χ4v) is 3.44. The zero-order valence-electron chi connectivity index (χ0n) is 12.7. The number of nitrogens with one attached hydrogen (secondary N) is 1. The van der Waals surface area contributed by atoms with Gasteiger partial charge in [-0.1, -0.05) is 25.4 Å². The van der Waals surface area contributed by atoms with E-state index in [9.17, 15) is 4.79 Å². The summed E-state index contributed by atoms with van der Waals surface area (Å²) in [6.45, 7) is 4.95. The fourth-order valence-electron chi connectivity index (χ4n) is 3.28. The summed E-state index contributed by atoms with van der Waals surface area (Å²) >= 11 is 6.04. The molecule has 2 atom stereocenters. The summed E-state index contributed by atoms with van der Waals surface area (Å²) in [5.41, 5.74) is 1.92. The highest BCUT2D eigenvalue weighted by Gasteiger charge is 2.48. The van der Waals surface area contributed by atoms with Crippen LogP contribution in [0.4, 0.5) is 0 Å². The predicted octanol–water partition coefficient (Wildman–Crippen LogP) is 2.97. The molecule has 2 unspecified atom stereocenters. The highest BCUT2D eigenvalue weighted by atomic mass is 35.5. The first-order valence-electron chi connectivity index (χ1n) is 7.44. The molecule has 118 valence electrons. The van der Waals surface area contributed by atoms with Crippen molar-refractivity contribution in [3.05, 3.63) is 35.2 Å². The number of carboxylic acid groups (broad SMARTS) is 1. The van der Waals surface area contributed by atoms with Gasteiger partial charge in [0.15, 0.2) is 0 Å². The second kappa shape index (κ2) is 5.56. The molecule has 2 N–H and O–H groups in total. The highest BCUT2D eigenvalue weighted by molar-refractivity contribution is 6.30. The number of aliphatic carboxylic acids is 1. The Balaban J connectivity index is 1.65. The Labute approximate surface area is 134 Å². The summed E-state index contributed by atoms with van der Waals surface area (Å²) in [5, 5.41) is 13.2. The molecule has 1 fully saturated rings. The molecule has 0 aromatic carbocycles. The van der Waals surface area contributed by atoms with E-state index in [-0.39, 0.29) is 17.8 Å². The molecular weight excluding hydrogens is 302 g/mol. The number of imidazole rings is 1. The highest BCUT2D eigenvalue weighted by Crippen LogP contribution is 2.48. The molecule has 0 amide bonds. The quantitative estimate of drug-likeness (QED) is 0.888. The van der Waals surface area contributed by atoms with Gasteiger partial charge in [-0.25, -0.2) is 4.98 Å². The van der Waals surface area contributed by atoms with Crippen LogP contribution in [-0.2, 0) is 11.3 Å². The van der Waals surface area contributed by atoms with E-state index in [1.54, 1.807) is 0 Å². The van der Waals surface area contributed by atoms with E-state index in [0.29, 0.717) is 17.6 Å². The van der Waals surface area contributed by atoms with Gasteiger partial charge in [0.1, 0.15) is 5.65 Å². The van der Waals surface area contributed by atoms with Crippen molar-refractivity contribution in [1.82, 2.24) is 14.7 Å². The van der Waals surface area contributed by atoms with Crippen molar-refractivity contribution in [2.45, 2.75) is 39.3 Å². The van der Waals surface area contributed by atoms with Crippen molar-refractivity contribution >= 4 is 23.2 Å². The van der Waals surface area contributed by atoms with Gasteiger partial charge in [0.05, 0.1) is 16.9 Å². The lowest BCUT2D eigenvalue weighted by molar-refractivity contribution is -0.142. The Morgan fingerprint density at radius 2 is 2.32 bits per heavy atom. The summed E-state index contributed by atoms with van der Waals surface area (Å²) in [6.07, 6.45) is 4.85. The van der Waals surface area contributed by atoms with E-state index in [1.807, 2.05) is 28.9 Å². The van der Waals surface area contributed by atoms with E-state index in [2.05, 4.69) is 24.1 Å². The third-order valence-electron chi connectivity index (χ3n) is 4.97. The molecule has 0 radical (unpaired) electrons. The molecule has 0 saturated heterocycles. The standard InChI is InChI=1S/C16H20ClN3O2/c1-16(2)10(6-15(21)22)5-13(16)18-7-12-8-19-14-4-3-11(17)9-20(12)14/h3-4,8-10,13,18H,5-7H2,1-2H3,(H,21,22). The first-order valence-corrected chi connectivity index (χ1v) is 7.82. The summed E-state index contributed by atoms with van der Waals surface area (Å²) in [4.78, 5) is 15.2. The summed E-state index contributed by atoms with van der Waals surface area (Å²) < 4.78 is 1.98. The zero-order valence-corrected chi connectivity index (χ0v) is 13.5. The first-order chi connectivity index (χ1) is 10.4. The minimum absolute atomic E-state index is 0.00345. The zero-order chi connectivity index (χ0) is 15.9. The molecule has 0 bridgehead atoms.